The monoisotopic (exact) mass is 424 g/mol. The normalized spacial score (nSPS) is 12.1. The van der Waals surface area contributed by atoms with Gasteiger partial charge in [-0.05, 0) is 38.6 Å². The van der Waals surface area contributed by atoms with Gasteiger partial charge in [-0.3, -0.25) is 4.79 Å². The highest BCUT2D eigenvalue weighted by molar-refractivity contribution is 6.39. The molecule has 5 nitrogen and oxygen atoms in total. The zero-order valence-electron chi connectivity index (χ0n) is 16.3. The molecule has 0 radical (unpaired) electrons. The number of phenolic OH excluding ortho intramolecular Hbond substituents is 1. The number of carbonyl (C=O) groups excluding carboxylic acids is 1. The second-order valence-electron chi connectivity index (χ2n) is 6.71. The van der Waals surface area contributed by atoms with Gasteiger partial charge in [0.25, 0.3) is 5.91 Å². The van der Waals surface area contributed by atoms with Crippen LogP contribution in [0.15, 0.2) is 36.4 Å². The van der Waals surface area contributed by atoms with E-state index in [0.717, 1.165) is 12.1 Å². The van der Waals surface area contributed by atoms with Crippen molar-refractivity contribution in [2.75, 3.05) is 26.7 Å². The van der Waals surface area contributed by atoms with Crippen molar-refractivity contribution in [2.45, 2.75) is 26.3 Å². The minimum absolute atomic E-state index is 0.0212. The number of rotatable bonds is 9. The van der Waals surface area contributed by atoms with E-state index in [9.17, 15) is 9.90 Å². The number of phenols is 1. The molecule has 0 unspecified atom stereocenters. The summed E-state index contributed by atoms with van der Waals surface area (Å²) in [5.41, 5.74) is 1.13. The third-order valence-electron chi connectivity index (χ3n) is 4.42. The van der Waals surface area contributed by atoms with Gasteiger partial charge in [-0.15, -0.1) is 0 Å². The molecule has 2 rings (SSSR count). The Balaban J connectivity index is 2.07. The number of halogens is 2. The van der Waals surface area contributed by atoms with Crippen LogP contribution in [0.3, 0.4) is 0 Å². The van der Waals surface area contributed by atoms with Gasteiger partial charge in [-0.2, -0.15) is 0 Å². The molecule has 1 amide bonds. The standard InChI is InChI=1S/C21H26Cl2N2O3/c1-4-25(3)10-11-28-20-17(22)13-16(19(26)18(20)23)21(27)24-14(2)12-15-8-6-5-7-9-15/h5-9,13-14,26H,4,10-12H2,1-3H3,(H,24,27)/t14-/m1/s1. The van der Waals surface area contributed by atoms with Gasteiger partial charge < -0.3 is 20.1 Å². The van der Waals surface area contributed by atoms with Crippen LogP contribution in [0.5, 0.6) is 11.5 Å². The van der Waals surface area contributed by atoms with Crippen LogP contribution in [-0.2, 0) is 6.42 Å². The van der Waals surface area contributed by atoms with E-state index in [1.807, 2.05) is 51.2 Å². The summed E-state index contributed by atoms with van der Waals surface area (Å²) in [6.45, 7) is 5.87. The van der Waals surface area contributed by atoms with E-state index in [0.29, 0.717) is 19.6 Å². The summed E-state index contributed by atoms with van der Waals surface area (Å²) in [6.07, 6.45) is 0.668. The molecule has 0 aliphatic carbocycles. The predicted molar refractivity (Wildman–Crippen MR) is 114 cm³/mol. The lowest BCUT2D eigenvalue weighted by Gasteiger charge is -2.18. The Morgan fingerprint density at radius 2 is 1.96 bits per heavy atom. The summed E-state index contributed by atoms with van der Waals surface area (Å²) >= 11 is 12.5. The first kappa shape index (κ1) is 22.3. The molecule has 28 heavy (non-hydrogen) atoms. The minimum atomic E-state index is -0.443. The fourth-order valence-electron chi connectivity index (χ4n) is 2.68. The van der Waals surface area contributed by atoms with E-state index in [2.05, 4.69) is 10.2 Å². The molecule has 0 aliphatic heterocycles. The molecule has 152 valence electrons. The Morgan fingerprint density at radius 1 is 1.29 bits per heavy atom. The number of carbonyl (C=O) groups is 1. The molecule has 0 bridgehead atoms. The van der Waals surface area contributed by atoms with Crippen LogP contribution in [0.4, 0.5) is 0 Å². The molecule has 0 spiro atoms. The molecule has 1 atom stereocenters. The zero-order chi connectivity index (χ0) is 20.7. The maximum atomic E-state index is 12.6. The van der Waals surface area contributed by atoms with Crippen LogP contribution in [0, 0.1) is 0 Å². The number of likely N-dealkylation sites (N-methyl/N-ethyl adjacent to an activating group) is 1. The first-order valence-corrected chi connectivity index (χ1v) is 9.96. The number of hydrogen-bond acceptors (Lipinski definition) is 4. The first-order chi connectivity index (χ1) is 13.3. The Bertz CT molecular complexity index is 800. The number of hydrogen-bond donors (Lipinski definition) is 2. The summed E-state index contributed by atoms with van der Waals surface area (Å²) in [4.78, 5) is 14.7. The van der Waals surface area contributed by atoms with Crippen molar-refractivity contribution in [3.63, 3.8) is 0 Å². The third-order valence-corrected chi connectivity index (χ3v) is 5.05. The highest BCUT2D eigenvalue weighted by atomic mass is 35.5. The van der Waals surface area contributed by atoms with Crippen molar-refractivity contribution < 1.29 is 14.6 Å². The van der Waals surface area contributed by atoms with Gasteiger partial charge in [0.15, 0.2) is 11.5 Å². The summed E-state index contributed by atoms with van der Waals surface area (Å²) < 4.78 is 5.62. The van der Waals surface area contributed by atoms with Crippen LogP contribution in [0.25, 0.3) is 0 Å². The van der Waals surface area contributed by atoms with Gasteiger partial charge in [-0.25, -0.2) is 0 Å². The number of ether oxygens (including phenoxy) is 1. The lowest BCUT2D eigenvalue weighted by atomic mass is 10.1. The maximum absolute atomic E-state index is 12.6. The molecule has 0 aromatic heterocycles. The average Bonchev–Trinajstić information content (AvgIpc) is 2.67. The van der Waals surface area contributed by atoms with Gasteiger partial charge in [-0.1, -0.05) is 60.5 Å². The van der Waals surface area contributed by atoms with Crippen LogP contribution in [0.1, 0.15) is 29.8 Å². The minimum Gasteiger partial charge on any atom is -0.505 e. The SMILES string of the molecule is CCN(C)CCOc1c(Cl)cc(C(=O)N[C@H](C)Cc2ccccc2)c(O)c1Cl. The molecule has 7 heteroatoms. The van der Waals surface area contributed by atoms with Gasteiger partial charge in [0.05, 0.1) is 10.6 Å². The number of nitrogens with one attached hydrogen (secondary N) is 1. The van der Waals surface area contributed by atoms with Crippen molar-refractivity contribution in [3.8, 4) is 11.5 Å². The van der Waals surface area contributed by atoms with Gasteiger partial charge >= 0.3 is 0 Å². The largest absolute Gasteiger partial charge is 0.505 e. The van der Waals surface area contributed by atoms with Gasteiger partial charge in [0.1, 0.15) is 11.6 Å². The Hall–Kier alpha value is -1.95. The second kappa shape index (κ2) is 10.6. The predicted octanol–water partition coefficient (Wildman–Crippen LogP) is 4.39. The highest BCUT2D eigenvalue weighted by Gasteiger charge is 2.22. The lowest BCUT2D eigenvalue weighted by molar-refractivity contribution is 0.0937. The zero-order valence-corrected chi connectivity index (χ0v) is 17.8. The first-order valence-electron chi connectivity index (χ1n) is 9.20. The van der Waals surface area contributed by atoms with E-state index >= 15 is 0 Å². The van der Waals surface area contributed by atoms with Crippen LogP contribution >= 0.6 is 23.2 Å². The molecule has 0 heterocycles. The highest BCUT2D eigenvalue weighted by Crippen LogP contribution is 2.41. The number of benzene rings is 2. The Morgan fingerprint density at radius 3 is 2.61 bits per heavy atom. The number of nitrogens with zero attached hydrogens (tertiary/aromatic N) is 1. The molecule has 0 fully saturated rings. The van der Waals surface area contributed by atoms with Crippen molar-refractivity contribution in [3.05, 3.63) is 57.6 Å². The van der Waals surface area contributed by atoms with Crippen molar-refractivity contribution in [1.82, 2.24) is 10.2 Å². The van der Waals surface area contributed by atoms with E-state index in [4.69, 9.17) is 27.9 Å². The van der Waals surface area contributed by atoms with E-state index in [-0.39, 0.29) is 33.1 Å². The summed E-state index contributed by atoms with van der Waals surface area (Å²) in [5, 5.41) is 13.4. The summed E-state index contributed by atoms with van der Waals surface area (Å²) in [5.74, 6) is -0.601. The summed E-state index contributed by atoms with van der Waals surface area (Å²) in [6, 6.07) is 11.1. The quantitative estimate of drug-likeness (QED) is 0.626. The summed E-state index contributed by atoms with van der Waals surface area (Å²) in [7, 11) is 1.97. The van der Waals surface area contributed by atoms with Crippen LogP contribution < -0.4 is 10.1 Å². The fourth-order valence-corrected chi connectivity index (χ4v) is 3.24. The van der Waals surface area contributed by atoms with Gasteiger partial charge in [0.2, 0.25) is 0 Å². The molecule has 0 saturated carbocycles. The van der Waals surface area contributed by atoms with E-state index in [1.165, 1.54) is 6.07 Å². The Labute approximate surface area is 176 Å². The number of amides is 1. The smallest absolute Gasteiger partial charge is 0.255 e. The number of aromatic hydroxyl groups is 1. The second-order valence-corrected chi connectivity index (χ2v) is 7.49. The fraction of sp³-hybridized carbons (Fsp3) is 0.381. The maximum Gasteiger partial charge on any atom is 0.255 e. The van der Waals surface area contributed by atoms with E-state index in [1.54, 1.807) is 0 Å². The van der Waals surface area contributed by atoms with Crippen molar-refractivity contribution >= 4 is 29.1 Å². The molecular formula is C21H26Cl2N2O3. The molecule has 2 aromatic carbocycles. The molecule has 0 saturated heterocycles. The topological polar surface area (TPSA) is 61.8 Å². The average molecular weight is 425 g/mol. The molecule has 0 aliphatic rings. The van der Waals surface area contributed by atoms with E-state index < -0.39 is 5.91 Å². The Kier molecular flexibility index (Phi) is 8.42. The van der Waals surface area contributed by atoms with Crippen molar-refractivity contribution in [1.29, 1.82) is 0 Å². The molecule has 2 N–H and O–H groups in total. The van der Waals surface area contributed by atoms with Crippen molar-refractivity contribution in [2.24, 2.45) is 0 Å². The lowest BCUT2D eigenvalue weighted by Crippen LogP contribution is -2.34. The molecular weight excluding hydrogens is 399 g/mol. The third kappa shape index (κ3) is 6.03. The van der Waals surface area contributed by atoms with Crippen LogP contribution in [-0.4, -0.2) is 48.7 Å². The molecule has 2 aromatic rings. The van der Waals surface area contributed by atoms with Crippen LogP contribution in [0.2, 0.25) is 10.0 Å². The van der Waals surface area contributed by atoms with Gasteiger partial charge in [0, 0.05) is 12.6 Å².